The number of aromatic nitrogens is 1. The summed E-state index contributed by atoms with van der Waals surface area (Å²) in [4.78, 5) is 0. The van der Waals surface area contributed by atoms with E-state index in [1.807, 2.05) is 12.1 Å². The summed E-state index contributed by atoms with van der Waals surface area (Å²) in [6, 6.07) is 5.53. The second-order valence-corrected chi connectivity index (χ2v) is 4.58. The molecule has 0 fully saturated rings. The van der Waals surface area contributed by atoms with Crippen molar-refractivity contribution >= 4 is 21.7 Å². The van der Waals surface area contributed by atoms with Crippen molar-refractivity contribution in [1.29, 1.82) is 0 Å². The second kappa shape index (κ2) is 4.05. The van der Waals surface area contributed by atoms with Gasteiger partial charge >= 0.3 is 0 Å². The van der Waals surface area contributed by atoms with Crippen LogP contribution < -0.4 is 10.5 Å². The lowest BCUT2D eigenvalue weighted by Crippen LogP contribution is -2.12. The Morgan fingerprint density at radius 2 is 2.18 bits per heavy atom. The molecule has 0 unspecified atom stereocenters. The third kappa shape index (κ3) is 1.89. The van der Waals surface area contributed by atoms with Crippen LogP contribution in [0, 0.1) is 0 Å². The van der Waals surface area contributed by atoms with E-state index >= 15 is 0 Å². The van der Waals surface area contributed by atoms with Gasteiger partial charge in [0.25, 0.3) is 0 Å². The molecule has 1 aromatic heterocycles. The van der Waals surface area contributed by atoms with Gasteiger partial charge in [0, 0.05) is 16.1 Å². The average Bonchev–Trinajstić information content (AvgIpc) is 2.74. The lowest BCUT2D eigenvalue weighted by Gasteiger charge is -2.20. The number of hydrogen-bond acceptors (Lipinski definition) is 5. The molecule has 0 amide bonds. The zero-order valence-corrected chi connectivity index (χ0v) is 10.4. The summed E-state index contributed by atoms with van der Waals surface area (Å²) in [6.45, 7) is 0.761. The first kappa shape index (κ1) is 10.6. The van der Waals surface area contributed by atoms with Crippen LogP contribution in [0.1, 0.15) is 5.56 Å². The zero-order chi connectivity index (χ0) is 11.8. The van der Waals surface area contributed by atoms with Crippen LogP contribution in [0.5, 0.6) is 5.75 Å². The van der Waals surface area contributed by atoms with Crippen molar-refractivity contribution in [1.82, 2.24) is 5.16 Å². The van der Waals surface area contributed by atoms with Crippen molar-refractivity contribution in [3.8, 4) is 17.1 Å². The summed E-state index contributed by atoms with van der Waals surface area (Å²) in [7, 11) is 0. The number of anilines is 1. The quantitative estimate of drug-likeness (QED) is 0.876. The van der Waals surface area contributed by atoms with E-state index in [1.54, 1.807) is 6.07 Å². The summed E-state index contributed by atoms with van der Waals surface area (Å²) in [6.07, 6.45) is 0. The molecule has 88 valence electrons. The van der Waals surface area contributed by atoms with Gasteiger partial charge in [-0.25, -0.2) is 0 Å². The molecule has 0 bridgehead atoms. The third-order valence-electron chi connectivity index (χ3n) is 2.47. The van der Waals surface area contributed by atoms with E-state index in [0.717, 1.165) is 21.3 Å². The minimum atomic E-state index is 0.241. The molecule has 0 atom stereocenters. The van der Waals surface area contributed by atoms with Gasteiger partial charge in [0.15, 0.2) is 18.4 Å². The molecule has 5 nitrogen and oxygen atoms in total. The van der Waals surface area contributed by atoms with Crippen LogP contribution >= 0.6 is 15.9 Å². The Bertz CT molecular complexity index is 568. The maximum Gasteiger partial charge on any atom is 0.189 e. The molecule has 1 aliphatic rings. The molecule has 0 radical (unpaired) electrons. The summed E-state index contributed by atoms with van der Waals surface area (Å²) in [5, 5.41) is 3.67. The fraction of sp³-hybridized carbons (Fsp3) is 0.182. The van der Waals surface area contributed by atoms with E-state index in [0.29, 0.717) is 18.2 Å². The van der Waals surface area contributed by atoms with Crippen molar-refractivity contribution in [3.63, 3.8) is 0 Å². The molecule has 3 rings (SSSR count). The molecule has 1 aliphatic heterocycles. The number of ether oxygens (including phenoxy) is 2. The Kier molecular flexibility index (Phi) is 2.53. The average molecular weight is 297 g/mol. The summed E-state index contributed by atoms with van der Waals surface area (Å²) >= 11 is 3.44. The number of benzene rings is 1. The highest BCUT2D eigenvalue weighted by Gasteiger charge is 2.19. The van der Waals surface area contributed by atoms with Gasteiger partial charge in [-0.3, -0.25) is 0 Å². The highest BCUT2D eigenvalue weighted by atomic mass is 79.9. The summed E-state index contributed by atoms with van der Waals surface area (Å²) in [5.41, 5.74) is 7.34. The fourth-order valence-electron chi connectivity index (χ4n) is 1.78. The Hall–Kier alpha value is -1.53. The van der Waals surface area contributed by atoms with Crippen LogP contribution in [-0.4, -0.2) is 11.9 Å². The number of halogens is 1. The van der Waals surface area contributed by atoms with E-state index in [4.69, 9.17) is 19.7 Å². The largest absolute Gasteiger partial charge is 0.466 e. The van der Waals surface area contributed by atoms with Crippen molar-refractivity contribution < 1.29 is 14.0 Å². The standard InChI is InChI=1S/C11H9BrN2O3/c12-7-1-6-4-15-5-16-11(6)8(2-7)9-3-10(13)14-17-9/h1-3H,4-5H2,(H2,13,14). The zero-order valence-electron chi connectivity index (χ0n) is 8.77. The molecular weight excluding hydrogens is 288 g/mol. The predicted octanol–water partition coefficient (Wildman–Crippen LogP) is 2.55. The van der Waals surface area contributed by atoms with Gasteiger partial charge in [0.05, 0.1) is 12.2 Å². The van der Waals surface area contributed by atoms with Gasteiger partial charge in [0.1, 0.15) is 5.75 Å². The fourth-order valence-corrected chi connectivity index (χ4v) is 2.28. The maximum absolute atomic E-state index is 5.55. The van der Waals surface area contributed by atoms with Gasteiger partial charge in [-0.1, -0.05) is 21.1 Å². The molecule has 6 heteroatoms. The van der Waals surface area contributed by atoms with Crippen molar-refractivity contribution in [2.45, 2.75) is 6.61 Å². The van der Waals surface area contributed by atoms with E-state index in [-0.39, 0.29) is 6.79 Å². The Balaban J connectivity index is 2.18. The van der Waals surface area contributed by atoms with Crippen molar-refractivity contribution in [2.24, 2.45) is 0 Å². The summed E-state index contributed by atoms with van der Waals surface area (Å²) in [5.74, 6) is 1.69. The molecule has 0 aliphatic carbocycles. The lowest BCUT2D eigenvalue weighted by atomic mass is 10.1. The first-order valence-electron chi connectivity index (χ1n) is 4.99. The minimum Gasteiger partial charge on any atom is -0.466 e. The SMILES string of the molecule is Nc1cc(-c2cc(Br)cc3c2OCOC3)on1. The first-order valence-corrected chi connectivity index (χ1v) is 5.79. The van der Waals surface area contributed by atoms with Gasteiger partial charge in [-0.05, 0) is 12.1 Å². The summed E-state index contributed by atoms with van der Waals surface area (Å²) < 4.78 is 16.8. The number of rotatable bonds is 1. The second-order valence-electron chi connectivity index (χ2n) is 3.67. The smallest absolute Gasteiger partial charge is 0.189 e. The van der Waals surface area contributed by atoms with Crippen molar-refractivity contribution in [2.75, 3.05) is 12.5 Å². The van der Waals surface area contributed by atoms with Gasteiger partial charge < -0.3 is 19.7 Å². The van der Waals surface area contributed by atoms with Crippen LogP contribution in [0.3, 0.4) is 0 Å². The number of nitrogen functional groups attached to an aromatic ring is 1. The number of nitrogens with two attached hydrogens (primary N) is 1. The lowest BCUT2D eigenvalue weighted by molar-refractivity contribution is -0.0160. The first-order chi connectivity index (χ1) is 8.24. The number of hydrogen-bond donors (Lipinski definition) is 1. The molecule has 0 spiro atoms. The minimum absolute atomic E-state index is 0.241. The van der Waals surface area contributed by atoms with Crippen molar-refractivity contribution in [3.05, 3.63) is 28.2 Å². The van der Waals surface area contributed by atoms with Crippen LogP contribution in [0.4, 0.5) is 5.82 Å². The van der Waals surface area contributed by atoms with Crippen LogP contribution in [0.25, 0.3) is 11.3 Å². The van der Waals surface area contributed by atoms with Gasteiger partial charge in [-0.2, -0.15) is 0 Å². The van der Waals surface area contributed by atoms with Crippen LogP contribution in [0.2, 0.25) is 0 Å². The van der Waals surface area contributed by atoms with E-state index in [9.17, 15) is 0 Å². The molecule has 0 saturated heterocycles. The normalized spacial score (nSPS) is 14.2. The molecule has 2 aromatic rings. The van der Waals surface area contributed by atoms with E-state index in [2.05, 4.69) is 21.1 Å². The van der Waals surface area contributed by atoms with Gasteiger partial charge in [0.2, 0.25) is 0 Å². The molecule has 2 heterocycles. The monoisotopic (exact) mass is 296 g/mol. The van der Waals surface area contributed by atoms with Gasteiger partial charge in [-0.15, -0.1) is 0 Å². The molecule has 2 N–H and O–H groups in total. The molecular formula is C11H9BrN2O3. The maximum atomic E-state index is 5.55. The Morgan fingerprint density at radius 1 is 1.29 bits per heavy atom. The number of fused-ring (bicyclic) bond motifs is 1. The molecule has 1 aromatic carbocycles. The Labute approximate surface area is 106 Å². The Morgan fingerprint density at radius 3 is 2.94 bits per heavy atom. The van der Waals surface area contributed by atoms with Crippen LogP contribution in [0.15, 0.2) is 27.2 Å². The number of nitrogens with zero attached hydrogens (tertiary/aromatic N) is 1. The van der Waals surface area contributed by atoms with E-state index < -0.39 is 0 Å². The topological polar surface area (TPSA) is 70.5 Å². The molecule has 0 saturated carbocycles. The van der Waals surface area contributed by atoms with Crippen LogP contribution in [-0.2, 0) is 11.3 Å². The third-order valence-corrected chi connectivity index (χ3v) is 2.93. The highest BCUT2D eigenvalue weighted by molar-refractivity contribution is 9.10. The predicted molar refractivity (Wildman–Crippen MR) is 64.3 cm³/mol. The van der Waals surface area contributed by atoms with E-state index in [1.165, 1.54) is 0 Å². The highest BCUT2D eigenvalue weighted by Crippen LogP contribution is 2.38. The molecule has 17 heavy (non-hydrogen) atoms.